The zero-order valence-corrected chi connectivity index (χ0v) is 20.4. The van der Waals surface area contributed by atoms with Gasteiger partial charge in [-0.2, -0.15) is 0 Å². The van der Waals surface area contributed by atoms with E-state index in [0.717, 1.165) is 75.5 Å². The van der Waals surface area contributed by atoms with E-state index in [1.165, 1.54) is 19.3 Å². The van der Waals surface area contributed by atoms with Crippen LogP contribution >= 0.6 is 0 Å². The molecule has 0 amide bonds. The average molecular weight is 457 g/mol. The van der Waals surface area contributed by atoms with Crippen LogP contribution in [-0.4, -0.2) is 29.9 Å². The number of hydrogen-bond donors (Lipinski definition) is 0. The molecule has 8 saturated carbocycles. The van der Waals surface area contributed by atoms with Crippen LogP contribution in [0.5, 0.6) is 0 Å². The molecule has 0 N–H and O–H groups in total. The third-order valence-corrected chi connectivity index (χ3v) is 10.7. The lowest BCUT2D eigenvalue weighted by Gasteiger charge is -2.63. The maximum Gasteiger partial charge on any atom is 0.333 e. The van der Waals surface area contributed by atoms with Crippen LogP contribution in [-0.2, 0) is 23.8 Å². The normalized spacial score (nSPS) is 48.7. The van der Waals surface area contributed by atoms with Gasteiger partial charge in [0.1, 0.15) is 5.60 Å². The molecule has 182 valence electrons. The van der Waals surface area contributed by atoms with Crippen molar-refractivity contribution in [3.63, 3.8) is 0 Å². The zero-order chi connectivity index (χ0) is 23.0. The van der Waals surface area contributed by atoms with Gasteiger partial charge in [-0.15, -0.1) is 0 Å². The van der Waals surface area contributed by atoms with Crippen molar-refractivity contribution in [2.45, 2.75) is 102 Å². The van der Waals surface area contributed by atoms with Gasteiger partial charge in [-0.3, -0.25) is 4.79 Å². The fourth-order valence-electron chi connectivity index (χ4n) is 9.95. The summed E-state index contributed by atoms with van der Waals surface area (Å²) in [6.45, 7) is 7.73. The number of ether oxygens (including phenoxy) is 3. The van der Waals surface area contributed by atoms with E-state index >= 15 is 0 Å². The summed E-state index contributed by atoms with van der Waals surface area (Å²) in [5.41, 5.74) is -0.459. The molecule has 0 aliphatic heterocycles. The minimum atomic E-state index is -0.452. The standard InChI is InChI=1S/C28H40O5/c1-4-28(33-24(29)17(2)3)22-8-21-9-23(28)15-26(10-21,14-22)25(30)31-16-32-27-11-18-5-19(12-27)7-20(6-18)13-27/h18-23H,2,4-16H2,1,3H3. The molecule has 0 aromatic carbocycles. The number of carbonyl (C=O) groups is 2. The smallest absolute Gasteiger partial charge is 0.333 e. The number of esters is 2. The van der Waals surface area contributed by atoms with Crippen LogP contribution in [0, 0.1) is 40.9 Å². The first-order valence-electron chi connectivity index (χ1n) is 13.4. The summed E-state index contributed by atoms with van der Waals surface area (Å²) < 4.78 is 18.5. The molecule has 8 aliphatic carbocycles. The summed E-state index contributed by atoms with van der Waals surface area (Å²) in [5.74, 6) is 3.09. The Labute approximate surface area is 198 Å². The van der Waals surface area contributed by atoms with E-state index in [0.29, 0.717) is 11.5 Å². The second-order valence-electron chi connectivity index (χ2n) is 12.9. The molecule has 0 saturated heterocycles. The van der Waals surface area contributed by atoms with E-state index < -0.39 is 11.0 Å². The van der Waals surface area contributed by atoms with Crippen LogP contribution in [0.25, 0.3) is 0 Å². The van der Waals surface area contributed by atoms with Gasteiger partial charge < -0.3 is 14.2 Å². The molecule has 0 radical (unpaired) electrons. The quantitative estimate of drug-likeness (QED) is 0.285. The molecule has 0 aromatic heterocycles. The second-order valence-corrected chi connectivity index (χ2v) is 12.9. The molecule has 0 heterocycles. The molecule has 0 spiro atoms. The highest BCUT2D eigenvalue weighted by Gasteiger charge is 2.66. The first kappa shape index (κ1) is 22.1. The predicted octanol–water partition coefficient (Wildman–Crippen LogP) is 5.57. The van der Waals surface area contributed by atoms with E-state index in [-0.39, 0.29) is 36.2 Å². The zero-order valence-electron chi connectivity index (χ0n) is 20.4. The highest BCUT2D eigenvalue weighted by atomic mass is 16.7. The molecular formula is C28H40O5. The third-order valence-electron chi connectivity index (χ3n) is 10.7. The Balaban J connectivity index is 1.12. The molecule has 8 bridgehead atoms. The van der Waals surface area contributed by atoms with Gasteiger partial charge in [0, 0.05) is 17.4 Å². The SMILES string of the molecule is C=C(C)C(=O)OC1(CC)C2CC3CC1CC(C(=O)OCOC14CC5CC(CC(C5)C1)C4)(C3)C2. The maximum atomic E-state index is 13.5. The van der Waals surface area contributed by atoms with Gasteiger partial charge in [0.25, 0.3) is 0 Å². The fourth-order valence-corrected chi connectivity index (χ4v) is 9.95. The molecular weight excluding hydrogens is 416 g/mol. The molecule has 2 unspecified atom stereocenters. The van der Waals surface area contributed by atoms with Gasteiger partial charge >= 0.3 is 11.9 Å². The van der Waals surface area contributed by atoms with Gasteiger partial charge in [-0.1, -0.05) is 13.5 Å². The van der Waals surface area contributed by atoms with Crippen LogP contribution in [0.2, 0.25) is 0 Å². The predicted molar refractivity (Wildman–Crippen MR) is 123 cm³/mol. The lowest BCUT2D eigenvalue weighted by molar-refractivity contribution is -0.240. The first-order chi connectivity index (χ1) is 15.7. The van der Waals surface area contributed by atoms with Crippen molar-refractivity contribution >= 4 is 11.9 Å². The summed E-state index contributed by atoms with van der Waals surface area (Å²) >= 11 is 0. The molecule has 2 atom stereocenters. The molecule has 5 heteroatoms. The van der Waals surface area contributed by atoms with Gasteiger partial charge in [0.05, 0.1) is 11.0 Å². The van der Waals surface area contributed by atoms with E-state index in [2.05, 4.69) is 13.5 Å². The van der Waals surface area contributed by atoms with Crippen LogP contribution in [0.4, 0.5) is 0 Å². The van der Waals surface area contributed by atoms with E-state index in [1.54, 1.807) is 6.92 Å². The van der Waals surface area contributed by atoms with Crippen LogP contribution in [0.15, 0.2) is 12.2 Å². The Morgan fingerprint density at radius 2 is 1.39 bits per heavy atom. The Bertz CT molecular complexity index is 807. The minimum Gasteiger partial charge on any atom is -0.455 e. The van der Waals surface area contributed by atoms with E-state index in [1.807, 2.05) is 0 Å². The Hall–Kier alpha value is -1.36. The molecule has 8 aliphatic rings. The Morgan fingerprint density at radius 1 is 0.848 bits per heavy atom. The molecule has 0 aromatic rings. The van der Waals surface area contributed by atoms with Crippen molar-refractivity contribution in [3.05, 3.63) is 12.2 Å². The molecule has 8 fully saturated rings. The number of rotatable bonds is 7. The first-order valence-corrected chi connectivity index (χ1v) is 13.4. The van der Waals surface area contributed by atoms with Crippen LogP contribution in [0.1, 0.15) is 90.9 Å². The fraction of sp³-hybridized carbons (Fsp3) is 0.857. The minimum absolute atomic E-state index is 0.0371. The average Bonchev–Trinajstić information content (AvgIpc) is 2.74. The summed E-state index contributed by atoms with van der Waals surface area (Å²) in [5, 5.41) is 0. The van der Waals surface area contributed by atoms with Crippen molar-refractivity contribution in [3.8, 4) is 0 Å². The monoisotopic (exact) mass is 456 g/mol. The van der Waals surface area contributed by atoms with Crippen molar-refractivity contribution in [1.82, 2.24) is 0 Å². The third kappa shape index (κ3) is 3.43. The summed E-state index contributed by atoms with van der Waals surface area (Å²) in [6, 6.07) is 0. The molecule has 33 heavy (non-hydrogen) atoms. The van der Waals surface area contributed by atoms with Crippen molar-refractivity contribution in [2.75, 3.05) is 6.79 Å². The van der Waals surface area contributed by atoms with Gasteiger partial charge in [-0.05, 0) is 108 Å². The van der Waals surface area contributed by atoms with Crippen molar-refractivity contribution in [1.29, 1.82) is 0 Å². The van der Waals surface area contributed by atoms with Crippen LogP contribution in [0.3, 0.4) is 0 Å². The largest absolute Gasteiger partial charge is 0.455 e. The summed E-state index contributed by atoms with van der Waals surface area (Å²) in [7, 11) is 0. The lowest BCUT2D eigenvalue weighted by Crippen LogP contribution is -2.64. The molecule has 5 nitrogen and oxygen atoms in total. The highest BCUT2D eigenvalue weighted by Crippen LogP contribution is 2.66. The second kappa shape index (κ2) is 7.57. The maximum absolute atomic E-state index is 13.5. The summed E-state index contributed by atoms with van der Waals surface area (Å²) in [4.78, 5) is 26.0. The van der Waals surface area contributed by atoms with E-state index in [9.17, 15) is 9.59 Å². The topological polar surface area (TPSA) is 61.8 Å². The van der Waals surface area contributed by atoms with Crippen LogP contribution < -0.4 is 0 Å². The number of carbonyl (C=O) groups excluding carboxylic acids is 2. The Kier molecular flexibility index (Phi) is 5.07. The lowest BCUT2D eigenvalue weighted by atomic mass is 9.44. The Morgan fingerprint density at radius 3 is 1.91 bits per heavy atom. The highest BCUT2D eigenvalue weighted by molar-refractivity contribution is 5.87. The van der Waals surface area contributed by atoms with Gasteiger partial charge in [0.15, 0.2) is 6.79 Å². The van der Waals surface area contributed by atoms with Gasteiger partial charge in [0.2, 0.25) is 0 Å². The number of hydrogen-bond acceptors (Lipinski definition) is 5. The molecule has 8 rings (SSSR count). The van der Waals surface area contributed by atoms with Crippen molar-refractivity contribution in [2.24, 2.45) is 40.9 Å². The van der Waals surface area contributed by atoms with Crippen molar-refractivity contribution < 1.29 is 23.8 Å². The summed E-state index contributed by atoms with van der Waals surface area (Å²) in [6.07, 6.45) is 13.0. The van der Waals surface area contributed by atoms with E-state index in [4.69, 9.17) is 14.2 Å². The van der Waals surface area contributed by atoms with Gasteiger partial charge in [-0.25, -0.2) is 4.79 Å².